The van der Waals surface area contributed by atoms with Crippen LogP contribution in [0.1, 0.15) is 11.3 Å². The number of halogens is 1. The molecule has 0 spiro atoms. The second-order valence-electron chi connectivity index (χ2n) is 6.01. The molecule has 3 rings (SSSR count). The summed E-state index contributed by atoms with van der Waals surface area (Å²) in [6, 6.07) is 20.9. The molecule has 2 amide bonds. The predicted octanol–water partition coefficient (Wildman–Crippen LogP) is 4.15. The number of carbonyl (C=O) groups excluding carboxylic acids is 2. The Morgan fingerprint density at radius 2 is 1.68 bits per heavy atom. The smallest absolute Gasteiger partial charge is 0.244 e. The molecule has 3 aromatic rings. The number of amides is 2. The molecule has 1 aromatic heterocycles. The van der Waals surface area contributed by atoms with Gasteiger partial charge in [0, 0.05) is 16.1 Å². The van der Waals surface area contributed by atoms with Crippen LogP contribution < -0.4 is 10.6 Å². The third-order valence-corrected chi connectivity index (χ3v) is 4.43. The van der Waals surface area contributed by atoms with Crippen molar-refractivity contribution in [3.05, 3.63) is 88.6 Å². The molecule has 0 atom stereocenters. The first-order chi connectivity index (χ1) is 13.6. The highest BCUT2D eigenvalue weighted by atomic mass is 79.9. The van der Waals surface area contributed by atoms with E-state index in [-0.39, 0.29) is 24.9 Å². The number of rotatable bonds is 7. The quantitative estimate of drug-likeness (QED) is 0.544. The Hall–Kier alpha value is -3.12. The molecule has 5 nitrogen and oxygen atoms in total. The van der Waals surface area contributed by atoms with Gasteiger partial charge in [0.1, 0.15) is 11.5 Å². The summed E-state index contributed by atoms with van der Waals surface area (Å²) >= 11 is 3.40. The average Bonchev–Trinajstić information content (AvgIpc) is 3.19. The van der Waals surface area contributed by atoms with Crippen LogP contribution >= 0.6 is 15.9 Å². The zero-order valence-corrected chi connectivity index (χ0v) is 16.6. The van der Waals surface area contributed by atoms with E-state index in [0.29, 0.717) is 5.76 Å². The van der Waals surface area contributed by atoms with Crippen molar-refractivity contribution in [2.45, 2.75) is 6.54 Å². The van der Waals surface area contributed by atoms with Crippen molar-refractivity contribution in [1.82, 2.24) is 10.6 Å². The lowest BCUT2D eigenvalue weighted by molar-refractivity contribution is -0.124. The van der Waals surface area contributed by atoms with Gasteiger partial charge < -0.3 is 15.1 Å². The standard InChI is InChI=1S/C22H19BrN2O3/c23-18-9-7-17(8-10-18)20-12-11-19(28-20)14-24-22(27)15-25-21(26)13-6-16-4-2-1-3-5-16/h1-13H,14-15H2,(H,24,27)(H,25,26)/b13-6+. The summed E-state index contributed by atoms with van der Waals surface area (Å²) in [5.74, 6) is 0.759. The molecule has 0 aliphatic heterocycles. The number of nitrogens with one attached hydrogen (secondary N) is 2. The molecule has 6 heteroatoms. The highest BCUT2D eigenvalue weighted by Gasteiger charge is 2.07. The number of carbonyl (C=O) groups is 2. The molecule has 0 aliphatic carbocycles. The zero-order chi connectivity index (χ0) is 19.8. The van der Waals surface area contributed by atoms with Gasteiger partial charge in [-0.3, -0.25) is 9.59 Å². The van der Waals surface area contributed by atoms with Crippen LogP contribution in [0.2, 0.25) is 0 Å². The summed E-state index contributed by atoms with van der Waals surface area (Å²) in [7, 11) is 0. The summed E-state index contributed by atoms with van der Waals surface area (Å²) < 4.78 is 6.74. The molecule has 142 valence electrons. The van der Waals surface area contributed by atoms with E-state index in [4.69, 9.17) is 4.42 Å². The van der Waals surface area contributed by atoms with Crippen LogP contribution in [0, 0.1) is 0 Å². The maximum Gasteiger partial charge on any atom is 0.244 e. The number of hydrogen-bond donors (Lipinski definition) is 2. The molecular formula is C22H19BrN2O3. The fourth-order valence-electron chi connectivity index (χ4n) is 2.45. The molecule has 1 heterocycles. The van der Waals surface area contributed by atoms with Crippen molar-refractivity contribution < 1.29 is 14.0 Å². The van der Waals surface area contributed by atoms with Crippen LogP contribution in [0.5, 0.6) is 0 Å². The van der Waals surface area contributed by atoms with Crippen LogP contribution in [0.3, 0.4) is 0 Å². The Morgan fingerprint density at radius 1 is 0.929 bits per heavy atom. The maximum atomic E-state index is 11.9. The fourth-order valence-corrected chi connectivity index (χ4v) is 2.72. The van der Waals surface area contributed by atoms with Gasteiger partial charge in [0.25, 0.3) is 0 Å². The molecule has 0 fully saturated rings. The van der Waals surface area contributed by atoms with Crippen LogP contribution in [0.15, 0.2) is 81.7 Å². The summed E-state index contributed by atoms with van der Waals surface area (Å²) in [6.45, 7) is 0.156. The van der Waals surface area contributed by atoms with Crippen LogP contribution in [-0.4, -0.2) is 18.4 Å². The van der Waals surface area contributed by atoms with Gasteiger partial charge in [-0.15, -0.1) is 0 Å². The molecule has 2 aromatic carbocycles. The monoisotopic (exact) mass is 438 g/mol. The van der Waals surface area contributed by atoms with Gasteiger partial charge >= 0.3 is 0 Å². The molecule has 0 saturated carbocycles. The number of furan rings is 1. The Labute approximate surface area is 171 Å². The van der Waals surface area contributed by atoms with Crippen molar-refractivity contribution in [2.75, 3.05) is 6.54 Å². The van der Waals surface area contributed by atoms with Crippen LogP contribution in [0.4, 0.5) is 0 Å². The van der Waals surface area contributed by atoms with E-state index in [0.717, 1.165) is 21.4 Å². The topological polar surface area (TPSA) is 71.3 Å². The Bertz CT molecular complexity index is 963. The summed E-state index contributed by atoms with van der Waals surface area (Å²) in [5, 5.41) is 5.28. The third-order valence-electron chi connectivity index (χ3n) is 3.90. The van der Waals surface area contributed by atoms with Gasteiger partial charge in [-0.05, 0) is 35.9 Å². The second kappa shape index (κ2) is 9.71. The molecule has 0 bridgehead atoms. The minimum absolute atomic E-state index is 0.0990. The molecule has 28 heavy (non-hydrogen) atoms. The van der Waals surface area contributed by atoms with Crippen molar-refractivity contribution in [3.8, 4) is 11.3 Å². The van der Waals surface area contributed by atoms with E-state index in [2.05, 4.69) is 26.6 Å². The van der Waals surface area contributed by atoms with Gasteiger partial charge in [-0.25, -0.2) is 0 Å². The van der Waals surface area contributed by atoms with Crippen molar-refractivity contribution in [2.24, 2.45) is 0 Å². The number of hydrogen-bond acceptors (Lipinski definition) is 3. The molecule has 0 saturated heterocycles. The molecule has 0 radical (unpaired) electrons. The molecule has 2 N–H and O–H groups in total. The van der Waals surface area contributed by atoms with E-state index in [1.807, 2.05) is 66.7 Å². The highest BCUT2D eigenvalue weighted by Crippen LogP contribution is 2.23. The van der Waals surface area contributed by atoms with E-state index in [9.17, 15) is 9.59 Å². The van der Waals surface area contributed by atoms with Gasteiger partial charge in [0.2, 0.25) is 11.8 Å². The summed E-state index contributed by atoms with van der Waals surface area (Å²) in [4.78, 5) is 23.7. The highest BCUT2D eigenvalue weighted by molar-refractivity contribution is 9.10. The van der Waals surface area contributed by atoms with Crippen molar-refractivity contribution in [3.63, 3.8) is 0 Å². The third kappa shape index (κ3) is 5.96. The number of benzene rings is 2. The van der Waals surface area contributed by atoms with E-state index in [1.165, 1.54) is 6.08 Å². The van der Waals surface area contributed by atoms with E-state index >= 15 is 0 Å². The minimum Gasteiger partial charge on any atom is -0.459 e. The predicted molar refractivity (Wildman–Crippen MR) is 112 cm³/mol. The maximum absolute atomic E-state index is 11.9. The normalized spacial score (nSPS) is 10.8. The second-order valence-corrected chi connectivity index (χ2v) is 6.93. The lowest BCUT2D eigenvalue weighted by Gasteiger charge is -2.04. The zero-order valence-electron chi connectivity index (χ0n) is 15.0. The first-order valence-electron chi connectivity index (χ1n) is 8.72. The van der Waals surface area contributed by atoms with E-state index in [1.54, 1.807) is 6.08 Å². The Morgan fingerprint density at radius 3 is 2.43 bits per heavy atom. The molecular weight excluding hydrogens is 420 g/mol. The summed E-state index contributed by atoms with van der Waals surface area (Å²) in [6.07, 6.45) is 3.10. The Balaban J connectivity index is 1.42. The first kappa shape index (κ1) is 19.6. The van der Waals surface area contributed by atoms with Gasteiger partial charge in [-0.2, -0.15) is 0 Å². The molecule has 0 aliphatic rings. The van der Waals surface area contributed by atoms with Crippen molar-refractivity contribution >= 4 is 33.8 Å². The lowest BCUT2D eigenvalue weighted by atomic mass is 10.2. The van der Waals surface area contributed by atoms with Crippen molar-refractivity contribution in [1.29, 1.82) is 0 Å². The molecule has 0 unspecified atom stereocenters. The lowest BCUT2D eigenvalue weighted by Crippen LogP contribution is -2.35. The van der Waals surface area contributed by atoms with E-state index < -0.39 is 0 Å². The first-order valence-corrected chi connectivity index (χ1v) is 9.52. The van der Waals surface area contributed by atoms with Gasteiger partial charge in [-0.1, -0.05) is 58.4 Å². The minimum atomic E-state index is -0.325. The summed E-state index contributed by atoms with van der Waals surface area (Å²) in [5.41, 5.74) is 1.87. The van der Waals surface area contributed by atoms with Gasteiger partial charge in [0.15, 0.2) is 0 Å². The fraction of sp³-hybridized carbons (Fsp3) is 0.0909. The van der Waals surface area contributed by atoms with Gasteiger partial charge in [0.05, 0.1) is 13.1 Å². The largest absolute Gasteiger partial charge is 0.459 e. The van der Waals surface area contributed by atoms with Crippen LogP contribution in [0.25, 0.3) is 17.4 Å². The Kier molecular flexibility index (Phi) is 6.81. The van der Waals surface area contributed by atoms with Crippen LogP contribution in [-0.2, 0) is 16.1 Å². The SMILES string of the molecule is O=C(/C=C/c1ccccc1)NCC(=O)NCc1ccc(-c2ccc(Br)cc2)o1. The average molecular weight is 439 g/mol.